The van der Waals surface area contributed by atoms with Crippen molar-refractivity contribution in [2.24, 2.45) is 5.92 Å². The van der Waals surface area contributed by atoms with Crippen molar-refractivity contribution in [2.45, 2.75) is 77.0 Å². The number of carbonyl (C=O) groups excluding carboxylic acids is 2. The van der Waals surface area contributed by atoms with Crippen LogP contribution in [0.3, 0.4) is 0 Å². The summed E-state index contributed by atoms with van der Waals surface area (Å²) in [6.45, 7) is 4.22. The number of rotatable bonds is 7. The monoisotopic (exact) mass is 515 g/mol. The Morgan fingerprint density at radius 3 is 2.59 bits per heavy atom. The predicted molar refractivity (Wildman–Crippen MR) is 131 cm³/mol. The number of ether oxygens (including phenoxy) is 3. The van der Waals surface area contributed by atoms with Crippen molar-refractivity contribution in [3.05, 3.63) is 53.1 Å². The first-order valence-electron chi connectivity index (χ1n) is 12.3. The largest absolute Gasteiger partial charge is 0.502 e. The molecule has 1 fully saturated rings. The Hall–Kier alpha value is -3.18. The molecule has 0 spiro atoms. The first-order chi connectivity index (χ1) is 17.6. The Bertz CT molecular complexity index is 1140. The van der Waals surface area contributed by atoms with E-state index in [0.29, 0.717) is 0 Å². The lowest BCUT2D eigenvalue weighted by molar-refractivity contribution is -0.192. The van der Waals surface area contributed by atoms with Crippen LogP contribution in [0.15, 0.2) is 36.4 Å². The number of ketones is 1. The Morgan fingerprint density at radius 1 is 1.24 bits per heavy atom. The topological polar surface area (TPSA) is 155 Å². The molecule has 2 aromatic rings. The number of aromatic hydroxyl groups is 1. The maximum absolute atomic E-state index is 13.0. The summed E-state index contributed by atoms with van der Waals surface area (Å²) in [5, 5.41) is 44.0. The highest BCUT2D eigenvalue weighted by Gasteiger charge is 2.39. The van der Waals surface area contributed by atoms with Crippen LogP contribution in [0.1, 0.15) is 61.2 Å². The average molecular weight is 516 g/mol. The minimum atomic E-state index is -1.03. The smallest absolute Gasteiger partial charge is 0.225 e. The van der Waals surface area contributed by atoms with Gasteiger partial charge < -0.3 is 40.0 Å². The molecule has 0 aromatic heterocycles. The molecule has 10 heteroatoms. The number of carbonyl (C=O) groups is 2. The molecule has 0 bridgehead atoms. The van der Waals surface area contributed by atoms with E-state index in [9.17, 15) is 30.0 Å². The summed E-state index contributed by atoms with van der Waals surface area (Å²) in [6.07, 6.45) is -4.12. The predicted octanol–water partition coefficient (Wildman–Crippen LogP) is 1.97. The second kappa shape index (κ2) is 11.1. The summed E-state index contributed by atoms with van der Waals surface area (Å²) in [5.74, 6) is -1.95. The van der Waals surface area contributed by atoms with Crippen molar-refractivity contribution >= 4 is 11.7 Å². The Labute approximate surface area is 214 Å². The van der Waals surface area contributed by atoms with E-state index in [1.807, 2.05) is 30.3 Å². The number of phenolic OH excluding ortho intramolecular Hbond substituents is 1. The van der Waals surface area contributed by atoms with E-state index in [2.05, 4.69) is 5.32 Å². The summed E-state index contributed by atoms with van der Waals surface area (Å²) in [4.78, 5) is 25.4. The van der Waals surface area contributed by atoms with Gasteiger partial charge in [0.2, 0.25) is 17.9 Å². The second-order valence-corrected chi connectivity index (χ2v) is 9.65. The molecular weight excluding hydrogens is 482 g/mol. The second-order valence-electron chi connectivity index (χ2n) is 9.65. The highest BCUT2D eigenvalue weighted by molar-refractivity contribution is 6.02. The molecule has 7 unspecified atom stereocenters. The number of Topliss-reactive ketones (excluding diaryl/α,β-unsaturated/α-hetero) is 1. The molecule has 2 heterocycles. The number of hydrogen-bond donors (Lipinski definition) is 5. The lowest BCUT2D eigenvalue weighted by Gasteiger charge is -2.38. The third kappa shape index (κ3) is 5.57. The molecular formula is C27H33NO9. The minimum absolute atomic E-state index is 0.0428. The van der Waals surface area contributed by atoms with Gasteiger partial charge in [-0.15, -0.1) is 0 Å². The number of hydrogen-bond acceptors (Lipinski definition) is 9. The number of nitrogens with one attached hydrogen (secondary N) is 1. The third-order valence-electron chi connectivity index (χ3n) is 6.98. The highest BCUT2D eigenvalue weighted by atomic mass is 16.7. The fraction of sp³-hybridized carbons (Fsp3) is 0.481. The molecule has 37 heavy (non-hydrogen) atoms. The number of aliphatic hydroxyl groups excluding tert-OH is 3. The van der Waals surface area contributed by atoms with Gasteiger partial charge in [-0.1, -0.05) is 37.3 Å². The van der Waals surface area contributed by atoms with Crippen LogP contribution in [0.5, 0.6) is 17.2 Å². The van der Waals surface area contributed by atoms with Crippen LogP contribution < -0.4 is 14.8 Å². The number of phenols is 1. The maximum Gasteiger partial charge on any atom is 0.225 e. The van der Waals surface area contributed by atoms with Crippen molar-refractivity contribution in [3.63, 3.8) is 0 Å². The molecule has 2 aliphatic heterocycles. The SMILES string of the molecule is CC(O)C(C)C(=O)NC1CC(Oc2cc(CO)c3c(c2O)OC(c2ccccc2)CC3=O)OC(C)C1O. The third-order valence-corrected chi connectivity index (χ3v) is 6.98. The van der Waals surface area contributed by atoms with E-state index < -0.39 is 60.9 Å². The molecule has 2 aliphatic rings. The van der Waals surface area contributed by atoms with Gasteiger partial charge in [0.15, 0.2) is 17.3 Å². The van der Waals surface area contributed by atoms with Crippen LogP contribution in [-0.2, 0) is 16.1 Å². The zero-order chi connectivity index (χ0) is 26.9. The van der Waals surface area contributed by atoms with E-state index in [1.165, 1.54) is 13.0 Å². The highest BCUT2D eigenvalue weighted by Crippen LogP contribution is 2.48. The average Bonchev–Trinajstić information content (AvgIpc) is 2.88. The van der Waals surface area contributed by atoms with E-state index >= 15 is 0 Å². The Morgan fingerprint density at radius 2 is 1.95 bits per heavy atom. The Balaban J connectivity index is 1.59. The summed E-state index contributed by atoms with van der Waals surface area (Å²) in [6, 6.07) is 9.76. The van der Waals surface area contributed by atoms with Crippen LogP contribution >= 0.6 is 0 Å². The van der Waals surface area contributed by atoms with E-state index in [1.54, 1.807) is 13.8 Å². The van der Waals surface area contributed by atoms with Crippen LogP contribution in [-0.4, -0.2) is 62.8 Å². The van der Waals surface area contributed by atoms with Crippen LogP contribution in [0.2, 0.25) is 0 Å². The molecule has 5 N–H and O–H groups in total. The summed E-state index contributed by atoms with van der Waals surface area (Å²) >= 11 is 0. The molecule has 4 rings (SSSR count). The summed E-state index contributed by atoms with van der Waals surface area (Å²) in [7, 11) is 0. The Kier molecular flexibility index (Phi) is 8.03. The molecule has 1 saturated heterocycles. The number of aliphatic hydroxyl groups is 3. The normalized spacial score (nSPS) is 27.0. The standard InChI is InChI=1S/C27H33NO9/c1-13(14(2)30)27(34)28-18-10-22(35-15(3)24(18)32)36-21-9-17(12-29)23-19(31)11-20(37-26(23)25(21)33)16-7-5-4-6-8-16/h4-9,13-15,18,20,22,24,29-30,32-33H,10-12H2,1-3H3,(H,28,34). The van der Waals surface area contributed by atoms with Crippen molar-refractivity contribution in [1.29, 1.82) is 0 Å². The van der Waals surface area contributed by atoms with Gasteiger partial charge in [0.05, 0.1) is 42.8 Å². The molecule has 200 valence electrons. The van der Waals surface area contributed by atoms with Gasteiger partial charge in [-0.2, -0.15) is 0 Å². The van der Waals surface area contributed by atoms with Crippen LogP contribution in [0, 0.1) is 5.92 Å². The van der Waals surface area contributed by atoms with Gasteiger partial charge >= 0.3 is 0 Å². The molecule has 0 radical (unpaired) electrons. The van der Waals surface area contributed by atoms with Crippen molar-refractivity contribution in [2.75, 3.05) is 0 Å². The molecule has 1 amide bonds. The summed E-state index contributed by atoms with van der Waals surface area (Å²) < 4.78 is 17.7. The maximum atomic E-state index is 13.0. The molecule has 0 aliphatic carbocycles. The van der Waals surface area contributed by atoms with Crippen molar-refractivity contribution in [3.8, 4) is 17.2 Å². The summed E-state index contributed by atoms with van der Waals surface area (Å²) in [5.41, 5.74) is 1.10. The number of amides is 1. The molecule has 7 atom stereocenters. The first kappa shape index (κ1) is 26.9. The van der Waals surface area contributed by atoms with Gasteiger partial charge in [-0.05, 0) is 31.0 Å². The minimum Gasteiger partial charge on any atom is -0.502 e. The van der Waals surface area contributed by atoms with Crippen LogP contribution in [0.25, 0.3) is 0 Å². The lowest BCUT2D eigenvalue weighted by atomic mass is 9.92. The van der Waals surface area contributed by atoms with E-state index in [4.69, 9.17) is 14.2 Å². The molecule has 10 nitrogen and oxygen atoms in total. The van der Waals surface area contributed by atoms with E-state index in [0.717, 1.165) is 5.56 Å². The fourth-order valence-electron chi connectivity index (χ4n) is 4.56. The van der Waals surface area contributed by atoms with Gasteiger partial charge in [-0.25, -0.2) is 0 Å². The quantitative estimate of drug-likeness (QED) is 0.372. The molecule has 0 saturated carbocycles. The van der Waals surface area contributed by atoms with Gasteiger partial charge in [0, 0.05) is 6.42 Å². The fourth-order valence-corrected chi connectivity index (χ4v) is 4.56. The number of fused-ring (bicyclic) bond motifs is 1. The zero-order valence-electron chi connectivity index (χ0n) is 21.0. The zero-order valence-corrected chi connectivity index (χ0v) is 21.0. The van der Waals surface area contributed by atoms with Crippen LogP contribution in [0.4, 0.5) is 0 Å². The lowest BCUT2D eigenvalue weighted by Crippen LogP contribution is -2.57. The van der Waals surface area contributed by atoms with Gasteiger partial charge in [0.1, 0.15) is 12.2 Å². The van der Waals surface area contributed by atoms with Crippen molar-refractivity contribution < 1.29 is 44.2 Å². The number of benzene rings is 2. The molecule has 2 aromatic carbocycles. The van der Waals surface area contributed by atoms with Gasteiger partial charge in [-0.3, -0.25) is 9.59 Å². The van der Waals surface area contributed by atoms with Gasteiger partial charge in [0.25, 0.3) is 0 Å². The van der Waals surface area contributed by atoms with E-state index in [-0.39, 0.29) is 41.3 Å². The first-order valence-corrected chi connectivity index (χ1v) is 12.3. The van der Waals surface area contributed by atoms with Crippen molar-refractivity contribution in [1.82, 2.24) is 5.32 Å².